The molecule has 1 atom stereocenters. The van der Waals surface area contributed by atoms with Gasteiger partial charge < -0.3 is 9.71 Å². The van der Waals surface area contributed by atoms with Gasteiger partial charge in [-0.2, -0.15) is 0 Å². The van der Waals surface area contributed by atoms with Gasteiger partial charge in [-0.05, 0) is 48.2 Å². The zero-order valence-electron chi connectivity index (χ0n) is 17.6. The van der Waals surface area contributed by atoms with Crippen molar-refractivity contribution in [2.45, 2.75) is 13.3 Å². The highest BCUT2D eigenvalue weighted by atomic mass is 35.5. The minimum Gasteiger partial charge on any atom is -0.345 e. The van der Waals surface area contributed by atoms with E-state index >= 15 is 4.39 Å². The highest BCUT2D eigenvalue weighted by Gasteiger charge is 2.25. The number of rotatable bonds is 7. The highest BCUT2D eigenvalue weighted by Crippen LogP contribution is 2.30. The Morgan fingerprint density at radius 3 is 2.61 bits per heavy atom. The molecule has 0 amide bonds. The number of nitrogens with zero attached hydrogens (tertiary/aromatic N) is 1. The summed E-state index contributed by atoms with van der Waals surface area (Å²) in [7, 11) is -2.84. The molecule has 4 aromatic rings. The number of pyridine rings is 1. The van der Waals surface area contributed by atoms with Gasteiger partial charge in [0.05, 0.1) is 11.3 Å². The summed E-state index contributed by atoms with van der Waals surface area (Å²) in [5.41, 5.74) is 0.998. The third-order valence-electron chi connectivity index (χ3n) is 5.10. The lowest BCUT2D eigenvalue weighted by molar-refractivity contribution is 0.103. The number of benzene rings is 2. The molecule has 33 heavy (non-hydrogen) atoms. The minimum absolute atomic E-state index is 0.0622. The van der Waals surface area contributed by atoms with E-state index in [0.717, 1.165) is 17.7 Å². The predicted molar refractivity (Wildman–Crippen MR) is 130 cm³/mol. The maximum absolute atomic E-state index is 15.2. The van der Waals surface area contributed by atoms with Gasteiger partial charge in [0.2, 0.25) is 5.78 Å². The topological polar surface area (TPSA) is 74.8 Å². The van der Waals surface area contributed by atoms with E-state index in [1.807, 2.05) is 6.92 Å². The van der Waals surface area contributed by atoms with Crippen LogP contribution in [0.1, 0.15) is 29.3 Å². The number of aromatic amines is 1. The lowest BCUT2D eigenvalue weighted by atomic mass is 10.00. The number of hydrogen-bond acceptors (Lipinski definition) is 3. The van der Waals surface area contributed by atoms with Crippen molar-refractivity contribution < 1.29 is 17.8 Å². The number of halogens is 3. The first-order valence-electron chi connectivity index (χ1n) is 10.1. The molecule has 2 aromatic heterocycles. The third-order valence-corrected chi connectivity index (χ3v) is 7.01. The number of nitrogens with one attached hydrogen (secondary N) is 2. The van der Waals surface area contributed by atoms with E-state index in [4.69, 9.17) is 11.6 Å². The first kappa shape index (κ1) is 22.9. The molecule has 2 heterocycles. The first-order valence-corrected chi connectivity index (χ1v) is 12.4. The van der Waals surface area contributed by atoms with E-state index in [9.17, 15) is 13.4 Å². The molecule has 0 aliphatic rings. The molecule has 170 valence electrons. The number of fused-ring (bicyclic) bond motifs is 1. The van der Waals surface area contributed by atoms with Crippen LogP contribution in [0.2, 0.25) is 5.02 Å². The molecule has 0 radical (unpaired) electrons. The van der Waals surface area contributed by atoms with Crippen molar-refractivity contribution in [2.24, 2.45) is 0 Å². The Kier molecular flexibility index (Phi) is 6.23. The number of aromatic nitrogens is 2. The second kappa shape index (κ2) is 8.96. The molecule has 9 heteroatoms. The van der Waals surface area contributed by atoms with Crippen molar-refractivity contribution in [3.8, 4) is 11.1 Å². The Morgan fingerprint density at radius 2 is 1.91 bits per heavy atom. The quantitative estimate of drug-likeness (QED) is 0.254. The van der Waals surface area contributed by atoms with E-state index in [1.54, 1.807) is 36.5 Å². The SMILES string of the molecule is C=S(=O)(CCC)Nc1ccc(F)c(C(=O)c2c[nH]c3ncc(-c4ccc(Cl)cc4)cc23)c1F. The number of carbonyl (C=O) groups is 1. The number of hydrogen-bond donors (Lipinski definition) is 2. The fourth-order valence-electron chi connectivity index (χ4n) is 3.55. The van der Waals surface area contributed by atoms with Gasteiger partial charge in [0, 0.05) is 49.4 Å². The average molecular weight is 488 g/mol. The van der Waals surface area contributed by atoms with Crippen LogP contribution in [0.15, 0.2) is 54.9 Å². The van der Waals surface area contributed by atoms with Gasteiger partial charge >= 0.3 is 0 Å². The van der Waals surface area contributed by atoms with Gasteiger partial charge in [0.25, 0.3) is 0 Å². The van der Waals surface area contributed by atoms with Gasteiger partial charge in [-0.3, -0.25) is 4.79 Å². The van der Waals surface area contributed by atoms with Crippen LogP contribution in [0, 0.1) is 11.6 Å². The van der Waals surface area contributed by atoms with Crippen LogP contribution < -0.4 is 4.72 Å². The molecular formula is C24H20ClF2N3O2S. The molecule has 0 saturated heterocycles. The van der Waals surface area contributed by atoms with Crippen molar-refractivity contribution >= 4 is 49.7 Å². The lowest BCUT2D eigenvalue weighted by Crippen LogP contribution is -2.18. The molecule has 0 aliphatic heterocycles. The average Bonchev–Trinajstić information content (AvgIpc) is 3.19. The summed E-state index contributed by atoms with van der Waals surface area (Å²) >= 11 is 5.95. The Labute approximate surface area is 195 Å². The molecule has 1 unspecified atom stereocenters. The summed E-state index contributed by atoms with van der Waals surface area (Å²) in [6.45, 7) is 1.81. The van der Waals surface area contributed by atoms with Crippen LogP contribution in [-0.4, -0.2) is 31.6 Å². The Hall–Kier alpha value is -3.23. The molecule has 5 nitrogen and oxygen atoms in total. The fraction of sp³-hybridized carbons (Fsp3) is 0.125. The largest absolute Gasteiger partial charge is 0.345 e. The summed E-state index contributed by atoms with van der Waals surface area (Å²) in [6, 6.07) is 10.9. The number of carbonyl (C=O) groups excluding carboxylic acids is 1. The summed E-state index contributed by atoms with van der Waals surface area (Å²) in [5, 5.41) is 0.992. The van der Waals surface area contributed by atoms with Crippen LogP contribution in [0.25, 0.3) is 22.2 Å². The zero-order chi connectivity index (χ0) is 23.8. The van der Waals surface area contributed by atoms with Crippen LogP contribution >= 0.6 is 11.6 Å². The van der Waals surface area contributed by atoms with Crippen molar-refractivity contribution in [3.63, 3.8) is 0 Å². The summed E-state index contributed by atoms with van der Waals surface area (Å²) in [4.78, 5) is 20.4. The third kappa shape index (κ3) is 4.62. The van der Waals surface area contributed by atoms with E-state index in [-0.39, 0.29) is 17.0 Å². The van der Waals surface area contributed by atoms with Crippen LogP contribution in [0.3, 0.4) is 0 Å². The highest BCUT2D eigenvalue weighted by molar-refractivity contribution is 8.01. The Balaban J connectivity index is 1.78. The van der Waals surface area contributed by atoms with E-state index in [1.165, 1.54) is 6.20 Å². The predicted octanol–water partition coefficient (Wildman–Crippen LogP) is 5.85. The molecule has 0 saturated carbocycles. The second-order valence-electron chi connectivity index (χ2n) is 7.56. The van der Waals surface area contributed by atoms with Gasteiger partial charge in [-0.15, -0.1) is 0 Å². The number of anilines is 1. The van der Waals surface area contributed by atoms with E-state index < -0.39 is 32.7 Å². The van der Waals surface area contributed by atoms with Crippen molar-refractivity contribution in [1.29, 1.82) is 0 Å². The Morgan fingerprint density at radius 1 is 1.18 bits per heavy atom. The fourth-order valence-corrected chi connectivity index (χ4v) is 4.99. The molecule has 4 rings (SSSR count). The van der Waals surface area contributed by atoms with E-state index in [2.05, 4.69) is 20.6 Å². The molecule has 0 spiro atoms. The van der Waals surface area contributed by atoms with Gasteiger partial charge in [-0.1, -0.05) is 30.7 Å². The first-order chi connectivity index (χ1) is 15.7. The van der Waals surface area contributed by atoms with Gasteiger partial charge in [0.1, 0.15) is 11.5 Å². The normalized spacial score (nSPS) is 13.1. The zero-order valence-corrected chi connectivity index (χ0v) is 19.2. The standard InChI is InChI=1S/C24H20ClF2N3O2S/c1-3-10-33(2,32)30-20-9-8-19(26)21(22(20)27)23(31)18-13-29-24-17(18)11-15(12-28-24)14-4-6-16(25)7-5-14/h4-9,11-13H,2-3,10H2,1H3,(H,28,29)(H,30,32). The maximum atomic E-state index is 15.2. The molecular weight excluding hydrogens is 468 g/mol. The van der Waals surface area contributed by atoms with Gasteiger partial charge in [0.15, 0.2) is 5.82 Å². The summed E-state index contributed by atoms with van der Waals surface area (Å²) in [5.74, 6) is 0.776. The number of H-pyrrole nitrogens is 1. The molecule has 2 aromatic carbocycles. The molecule has 0 bridgehead atoms. The smallest absolute Gasteiger partial charge is 0.201 e. The molecule has 0 fully saturated rings. The van der Waals surface area contributed by atoms with Crippen molar-refractivity contribution in [2.75, 3.05) is 10.5 Å². The molecule has 2 N–H and O–H groups in total. The Bertz CT molecular complexity index is 1470. The summed E-state index contributed by atoms with van der Waals surface area (Å²) < 4.78 is 44.8. The minimum atomic E-state index is -2.84. The van der Waals surface area contributed by atoms with E-state index in [0.29, 0.717) is 28.0 Å². The second-order valence-corrected chi connectivity index (χ2v) is 10.2. The maximum Gasteiger partial charge on any atom is 0.201 e. The van der Waals surface area contributed by atoms with Crippen molar-refractivity contribution in [1.82, 2.24) is 9.97 Å². The van der Waals surface area contributed by atoms with Gasteiger partial charge in [-0.25, -0.2) is 18.0 Å². The lowest BCUT2D eigenvalue weighted by Gasteiger charge is -2.14. The molecule has 0 aliphatic carbocycles. The number of ketones is 1. The van der Waals surface area contributed by atoms with Crippen LogP contribution in [0.4, 0.5) is 14.5 Å². The van der Waals surface area contributed by atoms with Crippen LogP contribution in [0.5, 0.6) is 0 Å². The van der Waals surface area contributed by atoms with Crippen molar-refractivity contribution in [3.05, 3.63) is 82.6 Å². The monoisotopic (exact) mass is 487 g/mol. The summed E-state index contributed by atoms with van der Waals surface area (Å²) in [6.07, 6.45) is 3.55. The van der Waals surface area contributed by atoms with Crippen LogP contribution in [-0.2, 0) is 9.71 Å².